The molecule has 0 bridgehead atoms. The van der Waals surface area contributed by atoms with E-state index in [4.69, 9.17) is 13.6 Å². The summed E-state index contributed by atoms with van der Waals surface area (Å²) in [6.07, 6.45) is 15.6. The van der Waals surface area contributed by atoms with Crippen molar-refractivity contribution in [2.75, 3.05) is 6.61 Å². The van der Waals surface area contributed by atoms with Crippen molar-refractivity contribution in [1.82, 2.24) is 0 Å². The van der Waals surface area contributed by atoms with Gasteiger partial charge in [-0.15, -0.1) is 0 Å². The lowest BCUT2D eigenvalue weighted by Crippen LogP contribution is -1.96. The topological polar surface area (TPSA) is 44.8 Å². The number of phosphoric acid groups is 1. The van der Waals surface area contributed by atoms with Crippen LogP contribution in [0.2, 0.25) is 0 Å². The molecule has 0 fully saturated rings. The van der Waals surface area contributed by atoms with E-state index >= 15 is 0 Å². The first-order valence-electron chi connectivity index (χ1n) is 8.02. The minimum absolute atomic E-state index is 0.390. The highest BCUT2D eigenvalue weighted by Gasteiger charge is 2.26. The quantitative estimate of drug-likeness (QED) is 0.212. The van der Waals surface area contributed by atoms with Gasteiger partial charge < -0.3 is 9.05 Å². The highest BCUT2D eigenvalue weighted by atomic mass is 31.2. The van der Waals surface area contributed by atoms with Gasteiger partial charge in [-0.3, -0.25) is 4.52 Å². The minimum Gasteiger partial charge on any atom is -0.403 e. The standard InChI is InChI=1S/C16H31O4P/c1-4-7-8-9-10-11-12-13-16-20-21(17,18-14-5-2)19-15-6-3/h5-6,14-15H,4,7-13,16H2,1-3H3. The lowest BCUT2D eigenvalue weighted by molar-refractivity contribution is 0.175. The van der Waals surface area contributed by atoms with Crippen LogP contribution in [-0.4, -0.2) is 6.61 Å². The van der Waals surface area contributed by atoms with Crippen LogP contribution < -0.4 is 0 Å². The van der Waals surface area contributed by atoms with Crippen LogP contribution in [0, 0.1) is 0 Å². The van der Waals surface area contributed by atoms with Gasteiger partial charge in [-0.1, -0.05) is 64.0 Å². The summed E-state index contributed by atoms with van der Waals surface area (Å²) in [6.45, 7) is 6.17. The molecule has 0 aromatic rings. The van der Waals surface area contributed by atoms with Crippen LogP contribution in [0.15, 0.2) is 24.7 Å². The number of hydrogen-bond acceptors (Lipinski definition) is 4. The zero-order valence-electron chi connectivity index (χ0n) is 13.8. The third kappa shape index (κ3) is 12.7. The van der Waals surface area contributed by atoms with Crippen molar-refractivity contribution in [3.63, 3.8) is 0 Å². The molecule has 0 unspecified atom stereocenters. The molecule has 5 heteroatoms. The Labute approximate surface area is 130 Å². The van der Waals surface area contributed by atoms with Gasteiger partial charge in [0, 0.05) is 0 Å². The Morgan fingerprint density at radius 1 is 0.810 bits per heavy atom. The molecule has 0 atom stereocenters. The van der Waals surface area contributed by atoms with Crippen LogP contribution in [-0.2, 0) is 18.1 Å². The SMILES string of the molecule is CC=COP(=O)(OC=CC)OCCCCCCCCCC. The molecule has 0 aromatic heterocycles. The Morgan fingerprint density at radius 3 is 1.76 bits per heavy atom. The van der Waals surface area contributed by atoms with Crippen LogP contribution in [0.3, 0.4) is 0 Å². The maximum Gasteiger partial charge on any atom is 0.586 e. The molecule has 0 aliphatic rings. The van der Waals surface area contributed by atoms with Crippen LogP contribution in [0.1, 0.15) is 72.1 Å². The second kappa shape index (κ2) is 14.2. The first-order chi connectivity index (χ1) is 10.2. The summed E-state index contributed by atoms with van der Waals surface area (Å²) in [4.78, 5) is 0. The maximum atomic E-state index is 12.2. The Balaban J connectivity index is 3.75. The van der Waals surface area contributed by atoms with Gasteiger partial charge >= 0.3 is 7.82 Å². The van der Waals surface area contributed by atoms with E-state index in [9.17, 15) is 4.57 Å². The highest BCUT2D eigenvalue weighted by molar-refractivity contribution is 7.48. The first-order valence-corrected chi connectivity index (χ1v) is 9.48. The molecule has 0 radical (unpaired) electrons. The summed E-state index contributed by atoms with van der Waals surface area (Å²) < 4.78 is 27.5. The lowest BCUT2D eigenvalue weighted by Gasteiger charge is -2.14. The summed E-state index contributed by atoms with van der Waals surface area (Å²) in [5, 5.41) is 0. The third-order valence-corrected chi connectivity index (χ3v) is 4.16. The fourth-order valence-corrected chi connectivity index (χ4v) is 2.83. The van der Waals surface area contributed by atoms with Crippen LogP contribution in [0.25, 0.3) is 0 Å². The number of phosphoric ester groups is 1. The molecule has 0 saturated heterocycles. The van der Waals surface area contributed by atoms with E-state index in [2.05, 4.69) is 6.92 Å². The van der Waals surface area contributed by atoms with Crippen molar-refractivity contribution in [1.29, 1.82) is 0 Å². The van der Waals surface area contributed by atoms with Gasteiger partial charge in [0.1, 0.15) is 0 Å². The average Bonchev–Trinajstić information content (AvgIpc) is 2.49. The number of allylic oxidation sites excluding steroid dienone is 2. The normalized spacial score (nSPS) is 14.6. The van der Waals surface area contributed by atoms with E-state index in [0.29, 0.717) is 6.61 Å². The fourth-order valence-electron chi connectivity index (χ4n) is 1.77. The number of rotatable bonds is 14. The molecule has 0 amide bonds. The first kappa shape index (κ1) is 20.3. The maximum absolute atomic E-state index is 12.2. The van der Waals surface area contributed by atoms with Crippen molar-refractivity contribution in [2.24, 2.45) is 0 Å². The van der Waals surface area contributed by atoms with Crippen LogP contribution in [0.4, 0.5) is 0 Å². The van der Waals surface area contributed by atoms with Gasteiger partial charge in [0.05, 0.1) is 19.1 Å². The van der Waals surface area contributed by atoms with E-state index in [1.807, 2.05) is 0 Å². The van der Waals surface area contributed by atoms with Crippen molar-refractivity contribution < 1.29 is 18.1 Å². The summed E-state index contributed by atoms with van der Waals surface area (Å²) in [7, 11) is -3.50. The molecule has 0 spiro atoms. The molecule has 0 rings (SSSR count). The van der Waals surface area contributed by atoms with Gasteiger partial charge in [0.15, 0.2) is 0 Å². The summed E-state index contributed by atoms with van der Waals surface area (Å²) in [5.74, 6) is 0. The Bertz CT molecular complexity index is 308. The van der Waals surface area contributed by atoms with Crippen molar-refractivity contribution in [2.45, 2.75) is 72.1 Å². The lowest BCUT2D eigenvalue weighted by atomic mass is 10.1. The Kier molecular flexibility index (Phi) is 13.7. The predicted molar refractivity (Wildman–Crippen MR) is 88.0 cm³/mol. The molecule has 0 N–H and O–H groups in total. The Morgan fingerprint density at radius 2 is 1.29 bits per heavy atom. The zero-order valence-corrected chi connectivity index (χ0v) is 14.6. The Hall–Kier alpha value is -0.730. The van der Waals surface area contributed by atoms with Gasteiger partial charge in [-0.2, -0.15) is 0 Å². The van der Waals surface area contributed by atoms with Crippen LogP contribution in [0.5, 0.6) is 0 Å². The van der Waals surface area contributed by atoms with E-state index in [1.165, 1.54) is 51.0 Å². The average molecular weight is 318 g/mol. The molecule has 4 nitrogen and oxygen atoms in total. The highest BCUT2D eigenvalue weighted by Crippen LogP contribution is 2.50. The van der Waals surface area contributed by atoms with Crippen molar-refractivity contribution in [3.8, 4) is 0 Å². The van der Waals surface area contributed by atoms with Gasteiger partial charge in [0.2, 0.25) is 0 Å². The second-order valence-corrected chi connectivity index (χ2v) is 6.48. The largest absolute Gasteiger partial charge is 0.586 e. The molecule has 0 heterocycles. The predicted octanol–water partition coefficient (Wildman–Crippen LogP) is 6.35. The van der Waals surface area contributed by atoms with E-state index < -0.39 is 7.82 Å². The van der Waals surface area contributed by atoms with Gasteiger partial charge in [-0.05, 0) is 20.3 Å². The molecular weight excluding hydrogens is 287 g/mol. The van der Waals surface area contributed by atoms with E-state index in [-0.39, 0.29) is 0 Å². The smallest absolute Gasteiger partial charge is 0.403 e. The molecule has 0 aromatic carbocycles. The zero-order chi connectivity index (χ0) is 15.8. The fraction of sp³-hybridized carbons (Fsp3) is 0.750. The third-order valence-electron chi connectivity index (χ3n) is 2.90. The monoisotopic (exact) mass is 318 g/mol. The molecule has 0 aliphatic carbocycles. The summed E-state index contributed by atoms with van der Waals surface area (Å²) >= 11 is 0. The summed E-state index contributed by atoms with van der Waals surface area (Å²) in [5.41, 5.74) is 0. The molecule has 21 heavy (non-hydrogen) atoms. The number of hydrogen-bond donors (Lipinski definition) is 0. The van der Waals surface area contributed by atoms with Crippen molar-refractivity contribution in [3.05, 3.63) is 24.7 Å². The molecule has 0 aliphatic heterocycles. The van der Waals surface area contributed by atoms with E-state index in [1.54, 1.807) is 26.0 Å². The molecular formula is C16H31O4P. The van der Waals surface area contributed by atoms with Gasteiger partial charge in [0.25, 0.3) is 0 Å². The van der Waals surface area contributed by atoms with Crippen LogP contribution >= 0.6 is 7.82 Å². The van der Waals surface area contributed by atoms with E-state index in [0.717, 1.165) is 12.8 Å². The second-order valence-electron chi connectivity index (χ2n) is 4.90. The number of unbranched alkanes of at least 4 members (excludes halogenated alkanes) is 7. The minimum atomic E-state index is -3.50. The van der Waals surface area contributed by atoms with Crippen molar-refractivity contribution >= 4 is 7.82 Å². The molecule has 0 saturated carbocycles. The summed E-state index contributed by atoms with van der Waals surface area (Å²) in [6, 6.07) is 0. The molecule has 124 valence electrons. The van der Waals surface area contributed by atoms with Gasteiger partial charge in [-0.25, -0.2) is 4.57 Å².